The van der Waals surface area contributed by atoms with Crippen molar-refractivity contribution in [1.29, 1.82) is 0 Å². The number of anilines is 2. The lowest BCUT2D eigenvalue weighted by molar-refractivity contribution is -0.138. The van der Waals surface area contributed by atoms with Crippen molar-refractivity contribution < 1.29 is 9.59 Å². The molecule has 1 atom stereocenters. The van der Waals surface area contributed by atoms with E-state index in [0.29, 0.717) is 38.0 Å². The third kappa shape index (κ3) is 4.61. The first-order valence-electron chi connectivity index (χ1n) is 9.11. The molecule has 144 valence electrons. The van der Waals surface area contributed by atoms with Gasteiger partial charge in [0.05, 0.1) is 0 Å². The summed E-state index contributed by atoms with van der Waals surface area (Å²) in [6.45, 7) is 3.10. The number of likely N-dealkylation sites (N-methyl/N-ethyl adjacent to an activating group) is 1. The van der Waals surface area contributed by atoms with Crippen molar-refractivity contribution in [3.8, 4) is 0 Å². The van der Waals surface area contributed by atoms with Crippen LogP contribution in [0.2, 0.25) is 0 Å². The van der Waals surface area contributed by atoms with Gasteiger partial charge >= 0.3 is 0 Å². The molecule has 0 bridgehead atoms. The molecule has 5 nitrogen and oxygen atoms in total. The predicted molar refractivity (Wildman–Crippen MR) is 111 cm³/mol. The number of carbonyl (C=O) groups is 2. The molecule has 6 heteroatoms. The summed E-state index contributed by atoms with van der Waals surface area (Å²) in [6.07, 6.45) is 1.61. The van der Waals surface area contributed by atoms with E-state index in [-0.39, 0.29) is 30.3 Å². The average molecular weight is 388 g/mol. The fraction of sp³-hybridized carbons (Fsp3) is 0.333. The van der Waals surface area contributed by atoms with E-state index in [4.69, 9.17) is 5.73 Å². The summed E-state index contributed by atoms with van der Waals surface area (Å²) in [5, 5.41) is 0. The number of hydrogen-bond acceptors (Lipinski definition) is 3. The Morgan fingerprint density at radius 2 is 1.81 bits per heavy atom. The highest BCUT2D eigenvalue weighted by atomic mass is 35.5. The highest BCUT2D eigenvalue weighted by Gasteiger charge is 2.37. The minimum absolute atomic E-state index is 0. The maximum Gasteiger partial charge on any atom is 0.249 e. The van der Waals surface area contributed by atoms with Crippen LogP contribution in [0.1, 0.15) is 25.3 Å². The zero-order valence-electron chi connectivity index (χ0n) is 15.5. The van der Waals surface area contributed by atoms with Crippen LogP contribution in [0.5, 0.6) is 0 Å². The van der Waals surface area contributed by atoms with Crippen LogP contribution in [0, 0.1) is 0 Å². The van der Waals surface area contributed by atoms with Gasteiger partial charge in [0, 0.05) is 30.9 Å². The number of nitrogen functional groups attached to an aromatic ring is 1. The molecular formula is C21H26ClN3O2. The van der Waals surface area contributed by atoms with Crippen molar-refractivity contribution in [2.75, 3.05) is 23.7 Å². The van der Waals surface area contributed by atoms with Gasteiger partial charge < -0.3 is 15.5 Å². The van der Waals surface area contributed by atoms with Crippen LogP contribution in [-0.4, -0.2) is 35.8 Å². The molecule has 1 fully saturated rings. The van der Waals surface area contributed by atoms with Gasteiger partial charge in [-0.05, 0) is 43.5 Å². The number of halogens is 1. The van der Waals surface area contributed by atoms with Gasteiger partial charge in [-0.3, -0.25) is 9.59 Å². The molecule has 0 radical (unpaired) electrons. The third-order valence-corrected chi connectivity index (χ3v) is 4.95. The molecule has 0 spiro atoms. The summed E-state index contributed by atoms with van der Waals surface area (Å²) in [7, 11) is 0. The largest absolute Gasteiger partial charge is 0.399 e. The van der Waals surface area contributed by atoms with Crippen molar-refractivity contribution in [2.45, 2.75) is 32.2 Å². The lowest BCUT2D eigenvalue weighted by Gasteiger charge is -2.27. The number of aryl methyl sites for hydroxylation is 1. The van der Waals surface area contributed by atoms with Crippen molar-refractivity contribution in [1.82, 2.24) is 4.90 Å². The number of para-hydroxylation sites is 2. The Balaban J connectivity index is 0.00000261. The molecule has 0 saturated carbocycles. The van der Waals surface area contributed by atoms with Gasteiger partial charge in [-0.1, -0.05) is 36.4 Å². The van der Waals surface area contributed by atoms with Gasteiger partial charge in [0.15, 0.2) is 0 Å². The predicted octanol–water partition coefficient (Wildman–Crippen LogP) is 3.28. The van der Waals surface area contributed by atoms with E-state index < -0.39 is 0 Å². The Bertz CT molecular complexity index is 782. The second kappa shape index (κ2) is 9.42. The average Bonchev–Trinajstić information content (AvgIpc) is 3.04. The van der Waals surface area contributed by atoms with Gasteiger partial charge in [-0.2, -0.15) is 0 Å². The fourth-order valence-corrected chi connectivity index (χ4v) is 3.54. The standard InChI is InChI=1S/C21H25N3O2.ClH/c1-2-23(20(25)13-12-16-8-6-7-11-18(16)22)19-14-15-24(21(19)26)17-9-4-3-5-10-17;/h3-11,19H,2,12-15,22H2,1H3;1H. The summed E-state index contributed by atoms with van der Waals surface area (Å²) in [5.74, 6) is 0.00893. The summed E-state index contributed by atoms with van der Waals surface area (Å²) < 4.78 is 0. The molecule has 2 amide bonds. The Morgan fingerprint density at radius 3 is 2.48 bits per heavy atom. The molecule has 3 rings (SSSR count). The van der Waals surface area contributed by atoms with Crippen molar-refractivity contribution in [3.05, 3.63) is 60.2 Å². The highest BCUT2D eigenvalue weighted by molar-refractivity contribution is 6.01. The third-order valence-electron chi connectivity index (χ3n) is 4.95. The first-order chi connectivity index (χ1) is 12.6. The van der Waals surface area contributed by atoms with Crippen LogP contribution in [-0.2, 0) is 16.0 Å². The first-order valence-corrected chi connectivity index (χ1v) is 9.11. The molecule has 0 aliphatic carbocycles. The van der Waals surface area contributed by atoms with Crippen LogP contribution < -0.4 is 10.6 Å². The first kappa shape index (κ1) is 20.8. The molecule has 27 heavy (non-hydrogen) atoms. The molecule has 1 heterocycles. The number of amides is 2. The Kier molecular flexibility index (Phi) is 7.25. The van der Waals surface area contributed by atoms with E-state index in [9.17, 15) is 9.59 Å². The molecule has 1 aliphatic heterocycles. The number of nitrogens with two attached hydrogens (primary N) is 1. The zero-order valence-corrected chi connectivity index (χ0v) is 16.3. The lowest BCUT2D eigenvalue weighted by atomic mass is 10.1. The van der Waals surface area contributed by atoms with Crippen LogP contribution in [0.25, 0.3) is 0 Å². The van der Waals surface area contributed by atoms with Crippen molar-refractivity contribution in [3.63, 3.8) is 0 Å². The smallest absolute Gasteiger partial charge is 0.249 e. The Morgan fingerprint density at radius 1 is 1.15 bits per heavy atom. The van der Waals surface area contributed by atoms with E-state index >= 15 is 0 Å². The van der Waals surface area contributed by atoms with E-state index in [0.717, 1.165) is 11.3 Å². The number of benzene rings is 2. The van der Waals surface area contributed by atoms with Crippen LogP contribution in [0.15, 0.2) is 54.6 Å². The molecule has 1 aliphatic rings. The van der Waals surface area contributed by atoms with Crippen LogP contribution in [0.3, 0.4) is 0 Å². The molecule has 2 aromatic carbocycles. The summed E-state index contributed by atoms with van der Waals surface area (Å²) in [6, 6.07) is 16.8. The normalized spacial score (nSPS) is 16.1. The number of carbonyl (C=O) groups excluding carboxylic acids is 2. The quantitative estimate of drug-likeness (QED) is 0.773. The second-order valence-corrected chi connectivity index (χ2v) is 6.51. The minimum Gasteiger partial charge on any atom is -0.399 e. The number of rotatable bonds is 6. The maximum absolute atomic E-state index is 12.9. The highest BCUT2D eigenvalue weighted by Crippen LogP contribution is 2.25. The van der Waals surface area contributed by atoms with Gasteiger partial charge in [0.2, 0.25) is 11.8 Å². The lowest BCUT2D eigenvalue weighted by Crippen LogP contribution is -2.45. The molecule has 2 aromatic rings. The molecule has 0 aromatic heterocycles. The summed E-state index contributed by atoms with van der Waals surface area (Å²) >= 11 is 0. The monoisotopic (exact) mass is 387 g/mol. The topological polar surface area (TPSA) is 66.6 Å². The number of nitrogens with zero attached hydrogens (tertiary/aromatic N) is 2. The minimum atomic E-state index is -0.374. The molecular weight excluding hydrogens is 362 g/mol. The number of hydrogen-bond donors (Lipinski definition) is 1. The van der Waals surface area contributed by atoms with E-state index in [1.807, 2.05) is 61.5 Å². The zero-order chi connectivity index (χ0) is 18.5. The molecule has 1 unspecified atom stereocenters. The van der Waals surface area contributed by atoms with Crippen LogP contribution >= 0.6 is 12.4 Å². The van der Waals surface area contributed by atoms with Crippen molar-refractivity contribution >= 4 is 35.6 Å². The van der Waals surface area contributed by atoms with Gasteiger partial charge in [-0.15, -0.1) is 12.4 Å². The van der Waals surface area contributed by atoms with Gasteiger partial charge in [0.25, 0.3) is 0 Å². The SMILES string of the molecule is CCN(C(=O)CCc1ccccc1N)C1CCN(c2ccccc2)C1=O.Cl. The van der Waals surface area contributed by atoms with Crippen molar-refractivity contribution in [2.24, 2.45) is 0 Å². The fourth-order valence-electron chi connectivity index (χ4n) is 3.54. The Labute approximate surface area is 166 Å². The molecule has 2 N–H and O–H groups in total. The van der Waals surface area contributed by atoms with Gasteiger partial charge in [0.1, 0.15) is 6.04 Å². The van der Waals surface area contributed by atoms with E-state index in [1.165, 1.54) is 0 Å². The summed E-state index contributed by atoms with van der Waals surface area (Å²) in [4.78, 5) is 29.1. The maximum atomic E-state index is 12.9. The summed E-state index contributed by atoms with van der Waals surface area (Å²) in [5.41, 5.74) is 8.52. The Hall–Kier alpha value is -2.53. The van der Waals surface area contributed by atoms with Crippen LogP contribution in [0.4, 0.5) is 11.4 Å². The van der Waals surface area contributed by atoms with E-state index in [2.05, 4.69) is 0 Å². The second-order valence-electron chi connectivity index (χ2n) is 6.51. The van der Waals surface area contributed by atoms with Gasteiger partial charge in [-0.25, -0.2) is 0 Å². The molecule has 1 saturated heterocycles. The van der Waals surface area contributed by atoms with E-state index in [1.54, 1.807) is 9.80 Å².